The van der Waals surface area contributed by atoms with Gasteiger partial charge in [0.25, 0.3) is 0 Å². The number of carbonyl (C=O) groups is 1. The third-order valence-corrected chi connectivity index (χ3v) is 4.51. The van der Waals surface area contributed by atoms with Crippen LogP contribution < -0.4 is 9.80 Å². The Hall–Kier alpha value is -2.94. The number of anilines is 2. The van der Waals surface area contributed by atoms with E-state index in [0.717, 1.165) is 5.69 Å². The summed E-state index contributed by atoms with van der Waals surface area (Å²) in [5.74, 6) is -0.554. The van der Waals surface area contributed by atoms with Crippen LogP contribution in [0.1, 0.15) is 18.9 Å². The number of nitrogens with zero attached hydrogens (tertiary/aromatic N) is 4. The Labute approximate surface area is 146 Å². The van der Waals surface area contributed by atoms with Crippen LogP contribution in [0.3, 0.4) is 0 Å². The van der Waals surface area contributed by atoms with E-state index in [1.807, 2.05) is 30.0 Å². The van der Waals surface area contributed by atoms with Crippen molar-refractivity contribution in [3.05, 3.63) is 54.1 Å². The van der Waals surface area contributed by atoms with Crippen LogP contribution in [0.2, 0.25) is 0 Å². The first kappa shape index (κ1) is 16.9. The predicted octanol–water partition coefficient (Wildman–Crippen LogP) is 2.97. The van der Waals surface area contributed by atoms with E-state index < -0.39 is 5.82 Å². The molecule has 5 nitrogen and oxygen atoms in total. The third-order valence-electron chi connectivity index (χ3n) is 4.51. The molecule has 1 unspecified atom stereocenters. The quantitative estimate of drug-likeness (QED) is 0.860. The molecule has 128 valence electrons. The van der Waals surface area contributed by atoms with Crippen molar-refractivity contribution in [2.24, 2.45) is 5.92 Å². The highest BCUT2D eigenvalue weighted by atomic mass is 19.1. The minimum Gasteiger partial charge on any atom is -0.368 e. The lowest BCUT2D eigenvalue weighted by Gasteiger charge is -2.25. The molecule has 0 radical (unpaired) electrons. The lowest BCUT2D eigenvalue weighted by Crippen LogP contribution is -2.37. The summed E-state index contributed by atoms with van der Waals surface area (Å²) in [7, 11) is 0. The van der Waals surface area contributed by atoms with E-state index in [1.165, 1.54) is 6.07 Å². The van der Waals surface area contributed by atoms with Crippen LogP contribution in [-0.2, 0) is 4.79 Å². The van der Waals surface area contributed by atoms with Gasteiger partial charge < -0.3 is 9.80 Å². The first-order chi connectivity index (χ1) is 12.1. The highest BCUT2D eigenvalue weighted by Gasteiger charge is 2.32. The number of amides is 1. The fourth-order valence-corrected chi connectivity index (χ4v) is 3.22. The Balaban J connectivity index is 1.74. The number of pyridine rings is 1. The molecule has 1 fully saturated rings. The second-order valence-corrected chi connectivity index (χ2v) is 6.00. The first-order valence-corrected chi connectivity index (χ1v) is 8.30. The van der Waals surface area contributed by atoms with Gasteiger partial charge in [0.1, 0.15) is 5.82 Å². The third kappa shape index (κ3) is 3.45. The molecule has 1 aliphatic rings. The van der Waals surface area contributed by atoms with E-state index in [4.69, 9.17) is 5.26 Å². The largest absolute Gasteiger partial charge is 0.368 e. The van der Waals surface area contributed by atoms with Crippen LogP contribution in [0.15, 0.2) is 42.7 Å². The summed E-state index contributed by atoms with van der Waals surface area (Å²) < 4.78 is 14.2. The van der Waals surface area contributed by atoms with E-state index in [0.29, 0.717) is 37.3 Å². The molecule has 1 amide bonds. The zero-order chi connectivity index (χ0) is 17.8. The number of rotatable bonds is 4. The van der Waals surface area contributed by atoms with Crippen molar-refractivity contribution in [2.75, 3.05) is 29.4 Å². The van der Waals surface area contributed by atoms with Crippen LogP contribution in [-0.4, -0.2) is 30.5 Å². The topological polar surface area (TPSA) is 60.2 Å². The van der Waals surface area contributed by atoms with E-state index in [-0.39, 0.29) is 11.8 Å². The zero-order valence-corrected chi connectivity index (χ0v) is 14.0. The van der Waals surface area contributed by atoms with Gasteiger partial charge in [-0.25, -0.2) is 4.39 Å². The zero-order valence-electron chi connectivity index (χ0n) is 14.0. The molecule has 1 aromatic carbocycles. The summed E-state index contributed by atoms with van der Waals surface area (Å²) >= 11 is 0. The summed E-state index contributed by atoms with van der Waals surface area (Å²) in [6, 6.07) is 10.0. The van der Waals surface area contributed by atoms with Crippen molar-refractivity contribution < 1.29 is 9.18 Å². The number of benzene rings is 1. The SMILES string of the molecule is CCN(C(=O)C1CCN(c2ccc(C#N)cc2F)C1)c1ccncc1. The fourth-order valence-electron chi connectivity index (χ4n) is 3.22. The van der Waals surface area contributed by atoms with Gasteiger partial charge in [-0.2, -0.15) is 5.26 Å². The van der Waals surface area contributed by atoms with E-state index in [9.17, 15) is 9.18 Å². The Morgan fingerprint density at radius 1 is 1.40 bits per heavy atom. The van der Waals surface area contributed by atoms with Crippen LogP contribution in [0.4, 0.5) is 15.8 Å². The molecular weight excluding hydrogens is 319 g/mol. The van der Waals surface area contributed by atoms with E-state index >= 15 is 0 Å². The summed E-state index contributed by atoms with van der Waals surface area (Å²) in [4.78, 5) is 20.5. The smallest absolute Gasteiger partial charge is 0.231 e. The van der Waals surface area contributed by atoms with Gasteiger partial charge in [0, 0.05) is 37.7 Å². The van der Waals surface area contributed by atoms with Crippen molar-refractivity contribution in [3.63, 3.8) is 0 Å². The first-order valence-electron chi connectivity index (χ1n) is 8.30. The van der Waals surface area contributed by atoms with Gasteiger partial charge in [-0.05, 0) is 43.7 Å². The molecular formula is C19H19FN4O. The molecule has 2 heterocycles. The normalized spacial score (nSPS) is 16.5. The van der Waals surface area contributed by atoms with Gasteiger partial charge in [-0.3, -0.25) is 9.78 Å². The summed E-state index contributed by atoms with van der Waals surface area (Å²) in [5.41, 5.74) is 1.56. The van der Waals surface area contributed by atoms with Crippen LogP contribution in [0.5, 0.6) is 0 Å². The van der Waals surface area contributed by atoms with Crippen molar-refractivity contribution in [1.82, 2.24) is 4.98 Å². The average molecular weight is 338 g/mol. The summed E-state index contributed by atoms with van der Waals surface area (Å²) in [6.07, 6.45) is 4.01. The van der Waals surface area contributed by atoms with Crippen LogP contribution in [0.25, 0.3) is 0 Å². The number of hydrogen-bond acceptors (Lipinski definition) is 4. The molecule has 0 saturated carbocycles. The van der Waals surface area contributed by atoms with Gasteiger partial charge in [0.2, 0.25) is 5.91 Å². The minimum atomic E-state index is -0.423. The number of aromatic nitrogens is 1. The maximum absolute atomic E-state index is 14.2. The number of nitriles is 1. The van der Waals surface area contributed by atoms with Gasteiger partial charge in [-0.15, -0.1) is 0 Å². The standard InChI is InChI=1S/C19H19FN4O/c1-2-24(16-5-8-22-9-6-16)19(25)15-7-10-23(13-15)18-4-3-14(12-21)11-17(18)20/h3-6,8-9,11,15H,2,7,10,13H2,1H3. The molecule has 1 saturated heterocycles. The highest BCUT2D eigenvalue weighted by molar-refractivity contribution is 5.95. The Morgan fingerprint density at radius 2 is 2.16 bits per heavy atom. The lowest BCUT2D eigenvalue weighted by molar-refractivity contribution is -0.121. The molecule has 0 spiro atoms. The number of carbonyl (C=O) groups excluding carboxylic acids is 1. The lowest BCUT2D eigenvalue weighted by atomic mass is 10.1. The monoisotopic (exact) mass is 338 g/mol. The summed E-state index contributed by atoms with van der Waals surface area (Å²) in [6.45, 7) is 3.60. The maximum Gasteiger partial charge on any atom is 0.231 e. The predicted molar refractivity (Wildman–Crippen MR) is 93.7 cm³/mol. The molecule has 1 aliphatic heterocycles. The molecule has 0 aliphatic carbocycles. The molecule has 0 N–H and O–H groups in total. The van der Waals surface area contributed by atoms with Gasteiger partial charge in [-0.1, -0.05) is 0 Å². The molecule has 1 aromatic heterocycles. The molecule has 1 atom stereocenters. The molecule has 0 bridgehead atoms. The minimum absolute atomic E-state index is 0.0465. The van der Waals surface area contributed by atoms with Crippen molar-refractivity contribution >= 4 is 17.3 Å². The van der Waals surface area contributed by atoms with Crippen LogP contribution in [0, 0.1) is 23.1 Å². The Morgan fingerprint density at radius 3 is 2.80 bits per heavy atom. The van der Waals surface area contributed by atoms with Crippen molar-refractivity contribution in [2.45, 2.75) is 13.3 Å². The molecule has 25 heavy (non-hydrogen) atoms. The van der Waals surface area contributed by atoms with Crippen molar-refractivity contribution in [1.29, 1.82) is 5.26 Å². The second-order valence-electron chi connectivity index (χ2n) is 6.00. The van der Waals surface area contributed by atoms with Crippen molar-refractivity contribution in [3.8, 4) is 6.07 Å². The number of hydrogen-bond donors (Lipinski definition) is 0. The Bertz CT molecular complexity index is 803. The molecule has 3 rings (SSSR count). The van der Waals surface area contributed by atoms with E-state index in [2.05, 4.69) is 4.98 Å². The van der Waals surface area contributed by atoms with Gasteiger partial charge in [0.15, 0.2) is 0 Å². The average Bonchev–Trinajstić information content (AvgIpc) is 3.13. The van der Waals surface area contributed by atoms with Crippen LogP contribution >= 0.6 is 0 Å². The van der Waals surface area contributed by atoms with E-state index in [1.54, 1.807) is 29.4 Å². The highest BCUT2D eigenvalue weighted by Crippen LogP contribution is 2.29. The molecule has 6 heteroatoms. The maximum atomic E-state index is 14.2. The Kier molecular flexibility index (Phi) is 4.94. The van der Waals surface area contributed by atoms with Gasteiger partial charge in [0.05, 0.1) is 23.2 Å². The number of halogens is 1. The second kappa shape index (κ2) is 7.31. The molecule has 2 aromatic rings. The fraction of sp³-hybridized carbons (Fsp3) is 0.316. The summed E-state index contributed by atoms with van der Waals surface area (Å²) in [5, 5.41) is 8.84. The van der Waals surface area contributed by atoms with Gasteiger partial charge >= 0.3 is 0 Å².